The summed E-state index contributed by atoms with van der Waals surface area (Å²) in [7, 11) is 0. The van der Waals surface area contributed by atoms with E-state index in [-0.39, 0.29) is 5.41 Å². The van der Waals surface area contributed by atoms with Gasteiger partial charge in [-0.1, -0.05) is 31.4 Å². The predicted octanol–water partition coefficient (Wildman–Crippen LogP) is 4.05. The monoisotopic (exact) mass is 234 g/mol. The van der Waals surface area contributed by atoms with Crippen LogP contribution in [0.15, 0.2) is 18.2 Å². The number of H-pyrrole nitrogens is 1. The van der Waals surface area contributed by atoms with Gasteiger partial charge in [-0.3, -0.25) is 0 Å². The van der Waals surface area contributed by atoms with Gasteiger partial charge in [-0.05, 0) is 31.0 Å². The van der Waals surface area contributed by atoms with Crippen molar-refractivity contribution in [3.8, 4) is 0 Å². The zero-order chi connectivity index (χ0) is 11.2. The van der Waals surface area contributed by atoms with Crippen LogP contribution in [0.2, 0.25) is 5.02 Å². The van der Waals surface area contributed by atoms with Crippen LogP contribution < -0.4 is 0 Å². The van der Waals surface area contributed by atoms with Crippen LogP contribution >= 0.6 is 11.6 Å². The van der Waals surface area contributed by atoms with E-state index in [1.165, 1.54) is 25.7 Å². The fourth-order valence-corrected chi connectivity index (χ4v) is 2.83. The van der Waals surface area contributed by atoms with Crippen molar-refractivity contribution in [3.05, 3.63) is 29.0 Å². The molecule has 1 aliphatic rings. The number of halogens is 1. The molecule has 16 heavy (non-hydrogen) atoms. The number of benzene rings is 1. The minimum Gasteiger partial charge on any atom is -0.341 e. The first kappa shape index (κ1) is 10.2. The van der Waals surface area contributed by atoms with E-state index in [4.69, 9.17) is 16.6 Å². The molecule has 0 bridgehead atoms. The summed E-state index contributed by atoms with van der Waals surface area (Å²) < 4.78 is 0. The summed E-state index contributed by atoms with van der Waals surface area (Å²) >= 11 is 5.97. The lowest BCUT2D eigenvalue weighted by Crippen LogP contribution is -2.18. The molecule has 0 atom stereocenters. The second kappa shape index (κ2) is 3.49. The highest BCUT2D eigenvalue weighted by Gasteiger charge is 2.33. The van der Waals surface area contributed by atoms with Crippen molar-refractivity contribution in [3.63, 3.8) is 0 Å². The Labute approximate surface area is 100 Å². The topological polar surface area (TPSA) is 28.7 Å². The van der Waals surface area contributed by atoms with Crippen molar-refractivity contribution < 1.29 is 0 Å². The molecule has 1 heterocycles. The molecule has 1 aromatic heterocycles. The van der Waals surface area contributed by atoms with Gasteiger partial charge in [0.2, 0.25) is 0 Å². The van der Waals surface area contributed by atoms with E-state index in [2.05, 4.69) is 11.9 Å². The highest BCUT2D eigenvalue weighted by molar-refractivity contribution is 6.31. The van der Waals surface area contributed by atoms with Gasteiger partial charge >= 0.3 is 0 Å². The van der Waals surface area contributed by atoms with Gasteiger partial charge in [0.15, 0.2) is 0 Å². The van der Waals surface area contributed by atoms with Crippen molar-refractivity contribution in [2.45, 2.75) is 38.0 Å². The molecule has 1 fully saturated rings. The molecule has 3 heteroatoms. The smallest absolute Gasteiger partial charge is 0.113 e. The first-order chi connectivity index (χ1) is 7.67. The van der Waals surface area contributed by atoms with Crippen molar-refractivity contribution in [1.82, 2.24) is 9.97 Å². The molecular formula is C13H15ClN2. The largest absolute Gasteiger partial charge is 0.341 e. The van der Waals surface area contributed by atoms with Crippen molar-refractivity contribution in [2.24, 2.45) is 0 Å². The molecule has 1 aromatic carbocycles. The van der Waals surface area contributed by atoms with Gasteiger partial charge in [-0.25, -0.2) is 4.98 Å². The minimum absolute atomic E-state index is 0.242. The normalized spacial score (nSPS) is 19.4. The molecule has 2 nitrogen and oxygen atoms in total. The summed E-state index contributed by atoms with van der Waals surface area (Å²) in [4.78, 5) is 8.12. The summed E-state index contributed by atoms with van der Waals surface area (Å²) in [5.74, 6) is 1.13. The summed E-state index contributed by atoms with van der Waals surface area (Å²) in [5, 5.41) is 0.763. The van der Waals surface area contributed by atoms with Crippen molar-refractivity contribution in [2.75, 3.05) is 0 Å². The number of aromatic amines is 1. The molecule has 0 radical (unpaired) electrons. The molecule has 1 N–H and O–H groups in total. The maximum atomic E-state index is 5.97. The number of hydrogen-bond donors (Lipinski definition) is 1. The lowest BCUT2D eigenvalue weighted by molar-refractivity contribution is 0.465. The fraction of sp³-hybridized carbons (Fsp3) is 0.462. The first-order valence-electron chi connectivity index (χ1n) is 5.83. The van der Waals surface area contributed by atoms with E-state index in [0.717, 1.165) is 21.9 Å². The van der Waals surface area contributed by atoms with E-state index in [9.17, 15) is 0 Å². The Morgan fingerprint density at radius 3 is 2.81 bits per heavy atom. The number of aromatic nitrogens is 2. The van der Waals surface area contributed by atoms with E-state index >= 15 is 0 Å². The Balaban J connectivity index is 2.11. The third-order valence-electron chi connectivity index (χ3n) is 3.72. The Hall–Kier alpha value is -1.02. The van der Waals surface area contributed by atoms with Crippen LogP contribution in [0.25, 0.3) is 11.0 Å². The molecule has 2 aromatic rings. The lowest BCUT2D eigenvalue weighted by atomic mass is 9.88. The summed E-state index contributed by atoms with van der Waals surface area (Å²) in [6.45, 7) is 2.30. The molecule has 1 aliphatic carbocycles. The van der Waals surface area contributed by atoms with Gasteiger partial charge in [0.05, 0.1) is 11.0 Å². The van der Waals surface area contributed by atoms with E-state index in [0.29, 0.717) is 0 Å². The number of nitrogens with one attached hydrogen (secondary N) is 1. The summed E-state index contributed by atoms with van der Waals surface area (Å²) in [5.41, 5.74) is 2.31. The van der Waals surface area contributed by atoms with Gasteiger partial charge in [0.1, 0.15) is 5.82 Å². The average molecular weight is 235 g/mol. The third-order valence-corrected chi connectivity index (χ3v) is 3.96. The van der Waals surface area contributed by atoms with Gasteiger partial charge in [0, 0.05) is 10.4 Å². The quantitative estimate of drug-likeness (QED) is 0.793. The fourth-order valence-electron chi connectivity index (χ4n) is 2.66. The Morgan fingerprint density at radius 1 is 1.31 bits per heavy atom. The Bertz CT molecular complexity index is 524. The number of nitrogens with zero attached hydrogens (tertiary/aromatic N) is 1. The van der Waals surface area contributed by atoms with Crippen molar-refractivity contribution >= 4 is 22.6 Å². The maximum absolute atomic E-state index is 5.97. The number of imidazole rings is 1. The van der Waals surface area contributed by atoms with Gasteiger partial charge in [-0.15, -0.1) is 0 Å². The van der Waals surface area contributed by atoms with Gasteiger partial charge in [0.25, 0.3) is 0 Å². The van der Waals surface area contributed by atoms with Crippen LogP contribution in [0.5, 0.6) is 0 Å². The van der Waals surface area contributed by atoms with Gasteiger partial charge in [-0.2, -0.15) is 0 Å². The summed E-state index contributed by atoms with van der Waals surface area (Å²) in [6.07, 6.45) is 5.10. The van der Waals surface area contributed by atoms with Crippen LogP contribution in [-0.4, -0.2) is 9.97 Å². The SMILES string of the molecule is CC1(c2nc3ccc(Cl)cc3[nH]2)CCCC1. The molecule has 0 saturated heterocycles. The van der Waals surface area contributed by atoms with Crippen LogP contribution in [-0.2, 0) is 5.41 Å². The Morgan fingerprint density at radius 2 is 2.06 bits per heavy atom. The van der Waals surface area contributed by atoms with Crippen molar-refractivity contribution in [1.29, 1.82) is 0 Å². The maximum Gasteiger partial charge on any atom is 0.113 e. The lowest BCUT2D eigenvalue weighted by Gasteiger charge is -2.19. The second-order valence-corrected chi connectivity index (χ2v) is 5.45. The van der Waals surface area contributed by atoms with Crippen LogP contribution in [0.3, 0.4) is 0 Å². The zero-order valence-corrected chi connectivity index (χ0v) is 10.1. The standard InChI is InChI=1S/C13H15ClN2/c1-13(6-2-3-7-13)12-15-10-5-4-9(14)8-11(10)16-12/h4-5,8H,2-3,6-7H2,1H3,(H,15,16). The van der Waals surface area contributed by atoms with Crippen LogP contribution in [0, 0.1) is 0 Å². The van der Waals surface area contributed by atoms with Gasteiger partial charge < -0.3 is 4.98 Å². The van der Waals surface area contributed by atoms with E-state index < -0.39 is 0 Å². The second-order valence-electron chi connectivity index (χ2n) is 5.01. The summed E-state index contributed by atoms with van der Waals surface area (Å²) in [6, 6.07) is 5.83. The molecule has 1 saturated carbocycles. The molecule has 0 amide bonds. The number of rotatable bonds is 1. The number of hydrogen-bond acceptors (Lipinski definition) is 1. The number of fused-ring (bicyclic) bond motifs is 1. The first-order valence-corrected chi connectivity index (χ1v) is 6.21. The molecule has 3 rings (SSSR count). The average Bonchev–Trinajstić information content (AvgIpc) is 2.84. The molecule has 0 unspecified atom stereocenters. The van der Waals surface area contributed by atoms with E-state index in [1.807, 2.05) is 18.2 Å². The minimum atomic E-state index is 0.242. The predicted molar refractivity (Wildman–Crippen MR) is 66.9 cm³/mol. The zero-order valence-electron chi connectivity index (χ0n) is 9.39. The Kier molecular flexibility index (Phi) is 2.21. The highest BCUT2D eigenvalue weighted by Crippen LogP contribution is 2.39. The molecule has 0 spiro atoms. The molecular weight excluding hydrogens is 220 g/mol. The highest BCUT2D eigenvalue weighted by atomic mass is 35.5. The van der Waals surface area contributed by atoms with Crippen LogP contribution in [0.1, 0.15) is 38.4 Å². The van der Waals surface area contributed by atoms with E-state index in [1.54, 1.807) is 0 Å². The third kappa shape index (κ3) is 1.52. The molecule has 84 valence electrons. The molecule has 0 aliphatic heterocycles. The van der Waals surface area contributed by atoms with Crippen LogP contribution in [0.4, 0.5) is 0 Å².